The second-order valence-electron chi connectivity index (χ2n) is 5.99. The van der Waals surface area contributed by atoms with Gasteiger partial charge in [0.25, 0.3) is 0 Å². The van der Waals surface area contributed by atoms with Gasteiger partial charge in [-0.05, 0) is 56.9 Å². The molecule has 0 atom stereocenters. The van der Waals surface area contributed by atoms with Crippen molar-refractivity contribution in [3.63, 3.8) is 0 Å². The highest BCUT2D eigenvalue weighted by molar-refractivity contribution is 7.89. The molecule has 5 heteroatoms. The molecular weight excluding hydrogens is 260 g/mol. The summed E-state index contributed by atoms with van der Waals surface area (Å²) in [7, 11) is -3.36. The fourth-order valence-corrected chi connectivity index (χ4v) is 4.99. The smallest absolute Gasteiger partial charge is 0.243 e. The molecule has 104 valence electrons. The molecule has 1 N–H and O–H groups in total. The van der Waals surface area contributed by atoms with Crippen LogP contribution in [0.4, 0.5) is 5.69 Å². The summed E-state index contributed by atoms with van der Waals surface area (Å²) in [5, 5.41) is 3.26. The highest BCUT2D eigenvalue weighted by Crippen LogP contribution is 2.35. The molecule has 0 bridgehead atoms. The molecule has 0 unspecified atom stereocenters. The predicted molar refractivity (Wildman–Crippen MR) is 75.8 cm³/mol. The molecule has 0 aromatic heterocycles. The third-order valence-corrected chi connectivity index (χ3v) is 6.31. The molecule has 0 spiro atoms. The molecule has 0 amide bonds. The maximum atomic E-state index is 12.8. The number of sulfonamides is 1. The largest absolute Gasteiger partial charge is 0.384 e. The lowest BCUT2D eigenvalue weighted by molar-refractivity contribution is 0.291. The molecule has 3 rings (SSSR count). The molecule has 1 fully saturated rings. The van der Waals surface area contributed by atoms with E-state index in [1.807, 2.05) is 26.0 Å². The number of rotatable bonds is 2. The van der Waals surface area contributed by atoms with Gasteiger partial charge in [-0.3, -0.25) is 0 Å². The van der Waals surface area contributed by atoms with E-state index < -0.39 is 10.0 Å². The summed E-state index contributed by atoms with van der Waals surface area (Å²) in [5.41, 5.74) is 1.91. The van der Waals surface area contributed by atoms with E-state index >= 15 is 0 Å². The predicted octanol–water partition coefficient (Wildman–Crippen LogP) is 2.22. The van der Waals surface area contributed by atoms with Crippen LogP contribution >= 0.6 is 0 Å². The molecule has 1 saturated heterocycles. The van der Waals surface area contributed by atoms with Crippen molar-refractivity contribution in [3.8, 4) is 0 Å². The van der Waals surface area contributed by atoms with Crippen LogP contribution in [0.25, 0.3) is 0 Å². The fourth-order valence-electron chi connectivity index (χ4n) is 3.10. The first kappa shape index (κ1) is 12.9. The Balaban J connectivity index is 2.01. The van der Waals surface area contributed by atoms with Crippen molar-refractivity contribution >= 4 is 15.7 Å². The lowest BCUT2D eigenvalue weighted by atomic mass is 10.0. The van der Waals surface area contributed by atoms with Crippen LogP contribution in [0.5, 0.6) is 0 Å². The molecule has 0 aliphatic carbocycles. The summed E-state index contributed by atoms with van der Waals surface area (Å²) in [6.07, 6.45) is 2.78. The van der Waals surface area contributed by atoms with Gasteiger partial charge in [0.1, 0.15) is 0 Å². The number of hydrogen-bond donors (Lipinski definition) is 1. The topological polar surface area (TPSA) is 49.4 Å². The van der Waals surface area contributed by atoms with Crippen LogP contribution in [0.15, 0.2) is 23.1 Å². The normalized spacial score (nSPS) is 22.2. The molecule has 2 heterocycles. The third kappa shape index (κ3) is 2.05. The minimum absolute atomic E-state index is 0.268. The number of anilines is 1. The zero-order chi connectivity index (χ0) is 13.7. The molecule has 2 aliphatic heterocycles. The molecule has 1 aromatic rings. The van der Waals surface area contributed by atoms with Crippen molar-refractivity contribution in [2.45, 2.75) is 43.5 Å². The molecule has 0 radical (unpaired) electrons. The average Bonchev–Trinajstić information content (AvgIpc) is 2.93. The fraction of sp³-hybridized carbons (Fsp3) is 0.571. The Labute approximate surface area is 114 Å². The molecular formula is C14H20N2O2S. The van der Waals surface area contributed by atoms with Gasteiger partial charge < -0.3 is 5.32 Å². The van der Waals surface area contributed by atoms with Gasteiger partial charge in [-0.15, -0.1) is 0 Å². The monoisotopic (exact) mass is 280 g/mol. The second-order valence-corrected chi connectivity index (χ2v) is 7.85. The quantitative estimate of drug-likeness (QED) is 0.903. The summed E-state index contributed by atoms with van der Waals surface area (Å²) < 4.78 is 27.2. The number of hydrogen-bond acceptors (Lipinski definition) is 3. The number of nitrogens with one attached hydrogen (secondary N) is 1. The van der Waals surface area contributed by atoms with E-state index in [1.54, 1.807) is 10.4 Å². The highest BCUT2D eigenvalue weighted by atomic mass is 32.2. The van der Waals surface area contributed by atoms with Crippen LogP contribution in [0, 0.1) is 0 Å². The van der Waals surface area contributed by atoms with Crippen LogP contribution in [0.3, 0.4) is 0 Å². The van der Waals surface area contributed by atoms with Gasteiger partial charge in [0.2, 0.25) is 10.0 Å². The minimum Gasteiger partial charge on any atom is -0.384 e. The van der Waals surface area contributed by atoms with Gasteiger partial charge in [-0.2, -0.15) is 4.31 Å². The Bertz CT molecular complexity index is 608. The van der Waals surface area contributed by atoms with Crippen molar-refractivity contribution in [2.24, 2.45) is 0 Å². The minimum atomic E-state index is -3.36. The van der Waals surface area contributed by atoms with Crippen LogP contribution < -0.4 is 5.32 Å². The number of fused-ring (bicyclic) bond motifs is 1. The summed E-state index contributed by atoms with van der Waals surface area (Å²) in [4.78, 5) is 0.435. The Morgan fingerprint density at radius 1 is 1.32 bits per heavy atom. The molecule has 4 nitrogen and oxygen atoms in total. The molecule has 0 saturated carbocycles. The maximum Gasteiger partial charge on any atom is 0.243 e. The van der Waals surface area contributed by atoms with E-state index in [0.29, 0.717) is 11.4 Å². The summed E-state index contributed by atoms with van der Waals surface area (Å²) in [6.45, 7) is 5.54. The summed E-state index contributed by atoms with van der Waals surface area (Å²) in [6, 6.07) is 5.44. The first-order valence-electron chi connectivity index (χ1n) is 6.81. The first-order chi connectivity index (χ1) is 8.91. The molecule has 2 aliphatic rings. The Morgan fingerprint density at radius 3 is 2.79 bits per heavy atom. The van der Waals surface area contributed by atoms with Crippen LogP contribution in [0.2, 0.25) is 0 Å². The van der Waals surface area contributed by atoms with Crippen LogP contribution in [-0.4, -0.2) is 31.4 Å². The average molecular weight is 280 g/mol. The van der Waals surface area contributed by atoms with Crippen molar-refractivity contribution in [3.05, 3.63) is 23.8 Å². The van der Waals surface area contributed by atoms with Crippen molar-refractivity contribution in [1.82, 2.24) is 4.31 Å². The van der Waals surface area contributed by atoms with E-state index in [0.717, 1.165) is 37.1 Å². The van der Waals surface area contributed by atoms with Gasteiger partial charge in [0.05, 0.1) is 4.90 Å². The maximum absolute atomic E-state index is 12.8. The van der Waals surface area contributed by atoms with Gasteiger partial charge in [0.15, 0.2) is 0 Å². The lowest BCUT2D eigenvalue weighted by Crippen LogP contribution is -2.42. The lowest BCUT2D eigenvalue weighted by Gasteiger charge is -2.30. The van der Waals surface area contributed by atoms with Crippen LogP contribution in [-0.2, 0) is 16.4 Å². The van der Waals surface area contributed by atoms with Gasteiger partial charge >= 0.3 is 0 Å². The summed E-state index contributed by atoms with van der Waals surface area (Å²) in [5.74, 6) is 0. The van der Waals surface area contributed by atoms with Gasteiger partial charge in [0, 0.05) is 24.3 Å². The van der Waals surface area contributed by atoms with E-state index in [-0.39, 0.29) is 5.54 Å². The zero-order valence-electron chi connectivity index (χ0n) is 11.4. The number of nitrogens with zero attached hydrogens (tertiary/aromatic N) is 1. The standard InChI is InChI=1S/C14H20N2O2S/c1-14(2)7-3-9-16(14)19(17,18)12-4-5-13-11(10-12)6-8-15-13/h4-5,10,15H,3,6-9H2,1-2H3. The molecule has 1 aromatic carbocycles. The van der Waals surface area contributed by atoms with Crippen LogP contribution in [0.1, 0.15) is 32.3 Å². The first-order valence-corrected chi connectivity index (χ1v) is 8.25. The third-order valence-electron chi connectivity index (χ3n) is 4.20. The van der Waals surface area contributed by atoms with Crippen molar-refractivity contribution in [1.29, 1.82) is 0 Å². The molecule has 19 heavy (non-hydrogen) atoms. The summed E-state index contributed by atoms with van der Waals surface area (Å²) >= 11 is 0. The Hall–Kier alpha value is -1.07. The highest BCUT2D eigenvalue weighted by Gasteiger charge is 2.41. The number of benzene rings is 1. The van der Waals surface area contributed by atoms with E-state index in [1.165, 1.54) is 0 Å². The van der Waals surface area contributed by atoms with E-state index in [9.17, 15) is 8.42 Å². The van der Waals surface area contributed by atoms with E-state index in [4.69, 9.17) is 0 Å². The SMILES string of the molecule is CC1(C)CCCN1S(=O)(=O)c1ccc2c(c1)CCN2. The Kier molecular flexibility index (Phi) is 2.87. The van der Waals surface area contributed by atoms with Crippen molar-refractivity contribution < 1.29 is 8.42 Å². The second kappa shape index (κ2) is 4.21. The zero-order valence-corrected chi connectivity index (χ0v) is 12.3. The van der Waals surface area contributed by atoms with Gasteiger partial charge in [-0.25, -0.2) is 8.42 Å². The van der Waals surface area contributed by atoms with E-state index in [2.05, 4.69) is 5.32 Å². The van der Waals surface area contributed by atoms with Crippen molar-refractivity contribution in [2.75, 3.05) is 18.4 Å². The van der Waals surface area contributed by atoms with Gasteiger partial charge in [-0.1, -0.05) is 0 Å². The Morgan fingerprint density at radius 2 is 2.11 bits per heavy atom.